The van der Waals surface area contributed by atoms with Gasteiger partial charge in [0.25, 0.3) is 0 Å². The third-order valence-electron chi connectivity index (χ3n) is 3.19. The first kappa shape index (κ1) is 19.5. The third kappa shape index (κ3) is 7.36. The molecule has 0 aliphatic rings. The maximum atomic E-state index is 12.7. The van der Waals surface area contributed by atoms with E-state index >= 15 is 0 Å². The number of alkyl halides is 6. The van der Waals surface area contributed by atoms with Crippen molar-refractivity contribution in [2.75, 3.05) is 6.54 Å². The van der Waals surface area contributed by atoms with Crippen molar-refractivity contribution in [2.24, 2.45) is 5.92 Å². The summed E-state index contributed by atoms with van der Waals surface area (Å²) in [6.07, 6.45) is -6.83. The fourth-order valence-electron chi connectivity index (χ4n) is 2.26. The van der Waals surface area contributed by atoms with E-state index in [1.54, 1.807) is 0 Å². The summed E-state index contributed by atoms with van der Waals surface area (Å²) in [6.45, 7) is 3.58. The predicted octanol–water partition coefficient (Wildman–Crippen LogP) is 5.07. The molecule has 0 aromatic rings. The second kappa shape index (κ2) is 8.74. The molecule has 0 heterocycles. The molecule has 0 saturated carbocycles. The topological polar surface area (TPSA) is 12.0 Å². The van der Waals surface area contributed by atoms with Crippen molar-refractivity contribution in [3.8, 4) is 0 Å². The first-order valence-electron chi connectivity index (χ1n) is 7.01. The molecule has 7 heteroatoms. The summed E-state index contributed by atoms with van der Waals surface area (Å²) in [5, 5.41) is 2.35. The molecule has 0 amide bonds. The van der Waals surface area contributed by atoms with Crippen LogP contribution in [0.4, 0.5) is 26.3 Å². The molecular formula is C13H23F6N. The second-order valence-corrected chi connectivity index (χ2v) is 4.93. The van der Waals surface area contributed by atoms with Gasteiger partial charge in [0.15, 0.2) is 5.92 Å². The van der Waals surface area contributed by atoms with E-state index in [1.807, 2.05) is 6.92 Å². The van der Waals surface area contributed by atoms with E-state index in [4.69, 9.17) is 0 Å². The fraction of sp³-hybridized carbons (Fsp3) is 1.00. The van der Waals surface area contributed by atoms with Gasteiger partial charge in [-0.15, -0.1) is 0 Å². The van der Waals surface area contributed by atoms with Crippen molar-refractivity contribution in [1.29, 1.82) is 0 Å². The molecule has 20 heavy (non-hydrogen) atoms. The van der Waals surface area contributed by atoms with Gasteiger partial charge in [0, 0.05) is 6.04 Å². The lowest BCUT2D eigenvalue weighted by Crippen LogP contribution is -2.51. The fourth-order valence-corrected chi connectivity index (χ4v) is 2.26. The Balaban J connectivity index is 4.66. The summed E-state index contributed by atoms with van der Waals surface area (Å²) in [6, 6.07) is -1.60. The summed E-state index contributed by atoms with van der Waals surface area (Å²) in [7, 11) is 0. The van der Waals surface area contributed by atoms with Gasteiger partial charge in [-0.3, -0.25) is 0 Å². The maximum absolute atomic E-state index is 12.7. The molecular weight excluding hydrogens is 284 g/mol. The van der Waals surface area contributed by atoms with Gasteiger partial charge in [-0.1, -0.05) is 46.0 Å². The number of rotatable bonds is 9. The van der Waals surface area contributed by atoms with Crippen molar-refractivity contribution in [2.45, 2.75) is 70.8 Å². The van der Waals surface area contributed by atoms with Crippen LogP contribution in [-0.2, 0) is 0 Å². The van der Waals surface area contributed by atoms with Crippen LogP contribution in [0.15, 0.2) is 0 Å². The standard InChI is InChI=1S/C13H23F6N/c1-3-5-6-7-8-9-10(20-4-2)11(12(14,15)16)13(17,18)19/h10-11,20H,3-9H2,1-2H3. The van der Waals surface area contributed by atoms with Crippen LogP contribution >= 0.6 is 0 Å². The van der Waals surface area contributed by atoms with Crippen LogP contribution in [-0.4, -0.2) is 24.9 Å². The molecule has 1 N–H and O–H groups in total. The molecule has 0 radical (unpaired) electrons. The van der Waals surface area contributed by atoms with Crippen molar-refractivity contribution >= 4 is 0 Å². The first-order valence-corrected chi connectivity index (χ1v) is 7.01. The lowest BCUT2D eigenvalue weighted by molar-refractivity contribution is -0.292. The Morgan fingerprint density at radius 2 is 1.30 bits per heavy atom. The number of unbranched alkanes of at least 4 members (excludes halogenated alkanes) is 4. The van der Waals surface area contributed by atoms with Crippen molar-refractivity contribution < 1.29 is 26.3 Å². The maximum Gasteiger partial charge on any atom is 0.401 e. The Morgan fingerprint density at radius 3 is 1.70 bits per heavy atom. The molecule has 0 aliphatic heterocycles. The zero-order valence-electron chi connectivity index (χ0n) is 11.9. The molecule has 0 aromatic heterocycles. The Bertz CT molecular complexity index is 234. The number of nitrogens with one attached hydrogen (secondary N) is 1. The van der Waals surface area contributed by atoms with Gasteiger partial charge in [0.1, 0.15) is 0 Å². The molecule has 0 aliphatic carbocycles. The Kier molecular flexibility index (Phi) is 8.54. The first-order chi connectivity index (χ1) is 9.14. The Hall–Kier alpha value is -0.460. The molecule has 0 rings (SSSR count). The molecule has 0 bridgehead atoms. The summed E-state index contributed by atoms with van der Waals surface area (Å²) in [4.78, 5) is 0. The quantitative estimate of drug-likeness (QED) is 0.463. The molecule has 0 spiro atoms. The highest BCUT2D eigenvalue weighted by Gasteiger charge is 2.59. The van der Waals surface area contributed by atoms with Crippen LogP contribution in [0.25, 0.3) is 0 Å². The van der Waals surface area contributed by atoms with E-state index in [1.165, 1.54) is 6.92 Å². The van der Waals surface area contributed by atoms with Crippen LogP contribution in [0.2, 0.25) is 0 Å². The summed E-state index contributed by atoms with van der Waals surface area (Å²) in [5.74, 6) is -3.29. The minimum absolute atomic E-state index is 0.0856. The highest BCUT2D eigenvalue weighted by molar-refractivity contribution is 4.87. The van der Waals surface area contributed by atoms with Gasteiger partial charge < -0.3 is 5.32 Å². The molecule has 122 valence electrons. The summed E-state index contributed by atoms with van der Waals surface area (Å²) in [5.41, 5.74) is 0. The zero-order chi connectivity index (χ0) is 15.8. The average Bonchev–Trinajstić information content (AvgIpc) is 2.25. The molecule has 1 atom stereocenters. The van der Waals surface area contributed by atoms with Gasteiger partial charge in [0.2, 0.25) is 0 Å². The number of hydrogen-bond donors (Lipinski definition) is 1. The predicted molar refractivity (Wildman–Crippen MR) is 66.4 cm³/mol. The van der Waals surface area contributed by atoms with E-state index in [9.17, 15) is 26.3 Å². The van der Waals surface area contributed by atoms with E-state index < -0.39 is 24.3 Å². The summed E-state index contributed by atoms with van der Waals surface area (Å²) < 4.78 is 76.0. The minimum atomic E-state index is -5.27. The van der Waals surface area contributed by atoms with Crippen molar-refractivity contribution in [3.63, 3.8) is 0 Å². The van der Waals surface area contributed by atoms with Gasteiger partial charge in [-0.05, 0) is 13.0 Å². The van der Waals surface area contributed by atoms with Crippen molar-refractivity contribution in [1.82, 2.24) is 5.32 Å². The lowest BCUT2D eigenvalue weighted by Gasteiger charge is -2.31. The normalized spacial score (nSPS) is 14.8. The molecule has 0 fully saturated rings. The van der Waals surface area contributed by atoms with Crippen LogP contribution in [0.1, 0.15) is 52.4 Å². The number of halogens is 6. The zero-order valence-corrected chi connectivity index (χ0v) is 11.9. The smallest absolute Gasteiger partial charge is 0.313 e. The molecule has 1 nitrogen and oxygen atoms in total. The van der Waals surface area contributed by atoms with Gasteiger partial charge >= 0.3 is 12.4 Å². The SMILES string of the molecule is CCCCCCCC(NCC)C(C(F)(F)F)C(F)(F)F. The highest BCUT2D eigenvalue weighted by atomic mass is 19.4. The van der Waals surface area contributed by atoms with E-state index in [0.717, 1.165) is 19.3 Å². The van der Waals surface area contributed by atoms with Crippen molar-refractivity contribution in [3.05, 3.63) is 0 Å². The van der Waals surface area contributed by atoms with E-state index in [-0.39, 0.29) is 13.0 Å². The van der Waals surface area contributed by atoms with E-state index in [0.29, 0.717) is 12.8 Å². The monoisotopic (exact) mass is 307 g/mol. The number of hydrogen-bond acceptors (Lipinski definition) is 1. The highest BCUT2D eigenvalue weighted by Crippen LogP contribution is 2.42. The Morgan fingerprint density at radius 1 is 0.800 bits per heavy atom. The minimum Gasteiger partial charge on any atom is -0.313 e. The second-order valence-electron chi connectivity index (χ2n) is 4.93. The van der Waals surface area contributed by atoms with Crippen LogP contribution in [0.3, 0.4) is 0 Å². The van der Waals surface area contributed by atoms with E-state index in [2.05, 4.69) is 5.32 Å². The van der Waals surface area contributed by atoms with Gasteiger partial charge in [0.05, 0.1) is 0 Å². The van der Waals surface area contributed by atoms with Crippen LogP contribution < -0.4 is 5.32 Å². The average molecular weight is 307 g/mol. The largest absolute Gasteiger partial charge is 0.401 e. The Labute approximate surface area is 116 Å². The van der Waals surface area contributed by atoms with Gasteiger partial charge in [-0.25, -0.2) is 0 Å². The van der Waals surface area contributed by atoms with Crippen LogP contribution in [0.5, 0.6) is 0 Å². The lowest BCUT2D eigenvalue weighted by atomic mass is 9.93. The van der Waals surface area contributed by atoms with Crippen LogP contribution in [0, 0.1) is 5.92 Å². The molecule has 0 saturated heterocycles. The third-order valence-corrected chi connectivity index (χ3v) is 3.19. The molecule has 1 unspecified atom stereocenters. The van der Waals surface area contributed by atoms with Gasteiger partial charge in [-0.2, -0.15) is 26.3 Å². The summed E-state index contributed by atoms with van der Waals surface area (Å²) >= 11 is 0. The molecule has 0 aromatic carbocycles.